The van der Waals surface area contributed by atoms with Crippen LogP contribution in [0.3, 0.4) is 0 Å². The molecule has 1 heterocycles. The van der Waals surface area contributed by atoms with E-state index in [-0.39, 0.29) is 5.41 Å². The van der Waals surface area contributed by atoms with Crippen molar-refractivity contribution in [2.75, 3.05) is 25.1 Å². The largest absolute Gasteiger partial charge is 0.486 e. The molecule has 2 N–H and O–H groups in total. The van der Waals surface area contributed by atoms with Crippen molar-refractivity contribution in [2.45, 2.75) is 38.5 Å². The lowest BCUT2D eigenvalue weighted by Gasteiger charge is -2.56. The topological polar surface area (TPSA) is 76.7 Å². The van der Waals surface area contributed by atoms with E-state index in [9.17, 15) is 9.59 Å². The van der Waals surface area contributed by atoms with Crippen molar-refractivity contribution in [3.63, 3.8) is 0 Å². The lowest BCUT2D eigenvalue weighted by atomic mass is 9.49. The first-order valence-electron chi connectivity index (χ1n) is 10.1. The summed E-state index contributed by atoms with van der Waals surface area (Å²) in [4.78, 5) is 24.8. The minimum atomic E-state index is -0.651. The van der Waals surface area contributed by atoms with Gasteiger partial charge in [0.2, 0.25) is 0 Å². The van der Waals surface area contributed by atoms with Crippen LogP contribution in [0.1, 0.15) is 38.5 Å². The minimum Gasteiger partial charge on any atom is -0.486 e. The molecule has 4 fully saturated rings. The van der Waals surface area contributed by atoms with Gasteiger partial charge in [0.25, 0.3) is 0 Å². The first-order valence-corrected chi connectivity index (χ1v) is 10.1. The van der Waals surface area contributed by atoms with Crippen molar-refractivity contribution in [1.82, 2.24) is 5.32 Å². The SMILES string of the molecule is O=C(NCC12CC3CC(CC(C3)C1)C2)C(=O)Nc1cccc2c1OCCO2. The Hall–Kier alpha value is -2.24. The summed E-state index contributed by atoms with van der Waals surface area (Å²) in [6.07, 6.45) is 7.73. The van der Waals surface area contributed by atoms with E-state index in [4.69, 9.17) is 9.47 Å². The molecule has 0 atom stereocenters. The average Bonchev–Trinajstić information content (AvgIpc) is 2.65. The number of hydrogen-bond acceptors (Lipinski definition) is 4. The van der Waals surface area contributed by atoms with Crippen molar-refractivity contribution in [2.24, 2.45) is 23.2 Å². The number of para-hydroxylation sites is 1. The Kier molecular flexibility index (Phi) is 4.02. The molecular weight excluding hydrogens is 344 g/mol. The zero-order chi connectivity index (χ0) is 18.4. The molecule has 0 aromatic heterocycles. The molecule has 4 saturated carbocycles. The number of nitrogens with one attached hydrogen (secondary N) is 2. The Morgan fingerprint density at radius 2 is 1.63 bits per heavy atom. The first kappa shape index (κ1) is 16.9. The van der Waals surface area contributed by atoms with Gasteiger partial charge in [-0.2, -0.15) is 0 Å². The van der Waals surface area contributed by atoms with Crippen molar-refractivity contribution < 1.29 is 19.1 Å². The van der Waals surface area contributed by atoms with Gasteiger partial charge in [-0.3, -0.25) is 9.59 Å². The fraction of sp³-hybridized carbons (Fsp3) is 0.619. The van der Waals surface area contributed by atoms with Gasteiger partial charge in [0, 0.05) is 6.54 Å². The van der Waals surface area contributed by atoms with E-state index in [0.29, 0.717) is 36.9 Å². The molecule has 4 bridgehead atoms. The highest BCUT2D eigenvalue weighted by Gasteiger charge is 2.50. The van der Waals surface area contributed by atoms with E-state index in [1.54, 1.807) is 18.2 Å². The Morgan fingerprint density at radius 3 is 2.33 bits per heavy atom. The number of amides is 2. The lowest BCUT2D eigenvalue weighted by molar-refractivity contribution is -0.137. The van der Waals surface area contributed by atoms with Crippen LogP contribution >= 0.6 is 0 Å². The van der Waals surface area contributed by atoms with Gasteiger partial charge in [0.05, 0.1) is 5.69 Å². The number of carbonyl (C=O) groups excluding carboxylic acids is 2. The van der Waals surface area contributed by atoms with Gasteiger partial charge in [-0.25, -0.2) is 0 Å². The van der Waals surface area contributed by atoms with E-state index in [1.165, 1.54) is 38.5 Å². The van der Waals surface area contributed by atoms with Crippen LogP contribution in [0.15, 0.2) is 18.2 Å². The Bertz CT molecular complexity index is 740. The molecule has 0 spiro atoms. The van der Waals surface area contributed by atoms with Gasteiger partial charge < -0.3 is 20.1 Å². The van der Waals surface area contributed by atoms with Crippen molar-refractivity contribution in [3.8, 4) is 11.5 Å². The summed E-state index contributed by atoms with van der Waals surface area (Å²) < 4.78 is 11.1. The van der Waals surface area contributed by atoms with E-state index in [0.717, 1.165) is 17.8 Å². The number of rotatable bonds is 3. The molecule has 5 aliphatic rings. The predicted molar refractivity (Wildman–Crippen MR) is 99.7 cm³/mol. The third kappa shape index (κ3) is 3.15. The normalized spacial score (nSPS) is 32.8. The minimum absolute atomic E-state index is 0.216. The zero-order valence-corrected chi connectivity index (χ0v) is 15.5. The second-order valence-corrected chi connectivity index (χ2v) is 8.88. The molecule has 6 rings (SSSR count). The van der Waals surface area contributed by atoms with Gasteiger partial charge in [0.1, 0.15) is 13.2 Å². The third-order valence-electron chi connectivity index (χ3n) is 6.81. The first-order chi connectivity index (χ1) is 13.1. The molecule has 4 aliphatic carbocycles. The van der Waals surface area contributed by atoms with Gasteiger partial charge in [-0.05, 0) is 73.8 Å². The highest BCUT2D eigenvalue weighted by atomic mass is 16.6. The second-order valence-electron chi connectivity index (χ2n) is 8.88. The van der Waals surface area contributed by atoms with Gasteiger partial charge in [0.15, 0.2) is 11.5 Å². The predicted octanol–water partition coefficient (Wildman–Crippen LogP) is 2.73. The maximum atomic E-state index is 12.4. The summed E-state index contributed by atoms with van der Waals surface area (Å²) in [5.41, 5.74) is 0.690. The maximum Gasteiger partial charge on any atom is 0.313 e. The summed E-state index contributed by atoms with van der Waals surface area (Å²) in [6, 6.07) is 5.28. The van der Waals surface area contributed by atoms with E-state index in [1.807, 2.05) is 0 Å². The van der Waals surface area contributed by atoms with E-state index >= 15 is 0 Å². The van der Waals surface area contributed by atoms with Gasteiger partial charge >= 0.3 is 11.8 Å². The van der Waals surface area contributed by atoms with E-state index in [2.05, 4.69) is 10.6 Å². The number of ether oxygens (including phenoxy) is 2. The molecule has 1 aliphatic heterocycles. The molecular formula is C21H26N2O4. The average molecular weight is 370 g/mol. The van der Waals surface area contributed by atoms with Gasteiger partial charge in [-0.1, -0.05) is 6.07 Å². The summed E-state index contributed by atoms with van der Waals surface area (Å²) in [5.74, 6) is 2.35. The second kappa shape index (κ2) is 6.43. The molecule has 1 aromatic carbocycles. The summed E-state index contributed by atoms with van der Waals surface area (Å²) >= 11 is 0. The lowest BCUT2D eigenvalue weighted by Crippen LogP contribution is -2.52. The van der Waals surface area contributed by atoms with Gasteiger partial charge in [-0.15, -0.1) is 0 Å². The zero-order valence-electron chi connectivity index (χ0n) is 15.5. The molecule has 27 heavy (non-hydrogen) atoms. The number of anilines is 1. The van der Waals surface area contributed by atoms with Crippen LogP contribution in [0, 0.1) is 23.2 Å². The summed E-state index contributed by atoms with van der Waals surface area (Å²) in [6.45, 7) is 1.53. The highest BCUT2D eigenvalue weighted by molar-refractivity contribution is 6.39. The van der Waals surface area contributed by atoms with Crippen LogP contribution in [0.5, 0.6) is 11.5 Å². The van der Waals surface area contributed by atoms with Crippen molar-refractivity contribution in [3.05, 3.63) is 18.2 Å². The van der Waals surface area contributed by atoms with Crippen LogP contribution in [0.2, 0.25) is 0 Å². The number of fused-ring (bicyclic) bond motifs is 1. The van der Waals surface area contributed by atoms with Crippen LogP contribution in [-0.2, 0) is 9.59 Å². The molecule has 1 aromatic rings. The van der Waals surface area contributed by atoms with Crippen molar-refractivity contribution >= 4 is 17.5 Å². The Labute approximate surface area is 159 Å². The smallest absolute Gasteiger partial charge is 0.313 e. The molecule has 144 valence electrons. The van der Waals surface area contributed by atoms with Crippen LogP contribution in [0.25, 0.3) is 0 Å². The standard InChI is InChI=1S/C21H26N2O4/c24-19(20(25)23-16-2-1-3-17-18(16)27-5-4-26-17)22-12-21-9-13-6-14(10-21)8-15(7-13)11-21/h1-3,13-15H,4-12H2,(H,22,24)(H,23,25). The molecule has 6 nitrogen and oxygen atoms in total. The van der Waals surface area contributed by atoms with E-state index < -0.39 is 11.8 Å². The van der Waals surface area contributed by atoms with Crippen molar-refractivity contribution in [1.29, 1.82) is 0 Å². The van der Waals surface area contributed by atoms with Crippen LogP contribution in [0.4, 0.5) is 5.69 Å². The Balaban J connectivity index is 1.21. The third-order valence-corrected chi connectivity index (χ3v) is 6.81. The molecule has 6 heteroatoms. The highest BCUT2D eigenvalue weighted by Crippen LogP contribution is 2.59. The number of carbonyl (C=O) groups is 2. The van der Waals surface area contributed by atoms with Crippen LogP contribution in [-0.4, -0.2) is 31.6 Å². The maximum absolute atomic E-state index is 12.4. The molecule has 0 unspecified atom stereocenters. The Morgan fingerprint density at radius 1 is 0.963 bits per heavy atom. The fourth-order valence-electron chi connectivity index (χ4n) is 6.21. The molecule has 0 saturated heterocycles. The monoisotopic (exact) mass is 370 g/mol. The summed E-state index contributed by atoms with van der Waals surface area (Å²) in [5, 5.41) is 5.59. The quantitative estimate of drug-likeness (QED) is 0.802. The number of hydrogen-bond donors (Lipinski definition) is 2. The molecule has 2 amide bonds. The fourth-order valence-corrected chi connectivity index (χ4v) is 6.21. The van der Waals surface area contributed by atoms with Crippen LogP contribution < -0.4 is 20.1 Å². The molecule has 0 radical (unpaired) electrons. The number of benzene rings is 1. The summed E-state index contributed by atoms with van der Waals surface area (Å²) in [7, 11) is 0.